The van der Waals surface area contributed by atoms with E-state index in [0.717, 1.165) is 4.57 Å². The number of alkyl halides is 3. The van der Waals surface area contributed by atoms with Crippen LogP contribution in [0.25, 0.3) is 11.2 Å². The van der Waals surface area contributed by atoms with Gasteiger partial charge in [-0.05, 0) is 30.3 Å². The average Bonchev–Trinajstić information content (AvgIpc) is 3.12. The van der Waals surface area contributed by atoms with Gasteiger partial charge in [0.25, 0.3) is 0 Å². The fourth-order valence-electron chi connectivity index (χ4n) is 3.57. The Kier molecular flexibility index (Phi) is 6.01. The first-order valence-electron chi connectivity index (χ1n) is 9.73. The molecule has 0 atom stereocenters. The van der Waals surface area contributed by atoms with E-state index in [-0.39, 0.29) is 23.7 Å². The number of amides is 2. The van der Waals surface area contributed by atoms with Crippen molar-refractivity contribution in [3.63, 3.8) is 0 Å². The second-order valence-corrected chi connectivity index (χ2v) is 7.64. The highest BCUT2D eigenvalue weighted by molar-refractivity contribution is 6.30. The number of pyridine rings is 1. The Bertz CT molecular complexity index is 1080. The van der Waals surface area contributed by atoms with Crippen LogP contribution >= 0.6 is 11.6 Å². The number of piperazine rings is 1. The summed E-state index contributed by atoms with van der Waals surface area (Å²) < 4.78 is 41.4. The number of urea groups is 1. The van der Waals surface area contributed by atoms with Gasteiger partial charge < -0.3 is 14.8 Å². The number of anilines is 1. The molecule has 164 valence electrons. The lowest BCUT2D eigenvalue weighted by atomic mass is 10.3. The summed E-state index contributed by atoms with van der Waals surface area (Å²) in [7, 11) is 0. The molecule has 2 amide bonds. The highest BCUT2D eigenvalue weighted by atomic mass is 35.5. The van der Waals surface area contributed by atoms with Crippen LogP contribution in [0.4, 0.5) is 23.7 Å². The number of halogens is 4. The molecule has 11 heteroatoms. The molecular weight excluding hydrogens is 433 g/mol. The standard InChI is InChI=1S/C20H20ClF3N6O/c21-14-3-1-4-15(13-14)26-19(31)29-10-7-28(8-11-29)9-12-30-17-16(5-2-6-25-17)27-18(30)20(22,23)24/h1-6,13H,7-12H2,(H,26,31). The van der Waals surface area contributed by atoms with Crippen molar-refractivity contribution in [1.29, 1.82) is 0 Å². The van der Waals surface area contributed by atoms with Crippen LogP contribution in [0.15, 0.2) is 42.6 Å². The molecule has 31 heavy (non-hydrogen) atoms. The summed E-state index contributed by atoms with van der Waals surface area (Å²) in [6.45, 7) is 2.57. The number of hydrogen-bond donors (Lipinski definition) is 1. The lowest BCUT2D eigenvalue weighted by Gasteiger charge is -2.34. The Morgan fingerprint density at radius 2 is 1.87 bits per heavy atom. The summed E-state index contributed by atoms with van der Waals surface area (Å²) in [6, 6.07) is 9.74. The Balaban J connectivity index is 1.35. The van der Waals surface area contributed by atoms with Gasteiger partial charge in [-0.25, -0.2) is 14.8 Å². The molecule has 1 fully saturated rings. The van der Waals surface area contributed by atoms with Crippen molar-refractivity contribution in [2.24, 2.45) is 0 Å². The number of aromatic nitrogens is 3. The molecule has 1 saturated heterocycles. The topological polar surface area (TPSA) is 66.3 Å². The maximum absolute atomic E-state index is 13.4. The van der Waals surface area contributed by atoms with E-state index in [2.05, 4.69) is 15.3 Å². The highest BCUT2D eigenvalue weighted by Crippen LogP contribution is 2.30. The van der Waals surface area contributed by atoms with Gasteiger partial charge >= 0.3 is 12.2 Å². The SMILES string of the molecule is O=C(Nc1cccc(Cl)c1)N1CCN(CCn2c(C(F)(F)F)nc3cccnc32)CC1. The van der Waals surface area contributed by atoms with Gasteiger partial charge in [-0.1, -0.05) is 17.7 Å². The minimum Gasteiger partial charge on any atom is -0.322 e. The molecule has 3 heterocycles. The zero-order chi connectivity index (χ0) is 22.0. The third-order valence-corrected chi connectivity index (χ3v) is 5.37. The molecule has 0 aliphatic carbocycles. The van der Waals surface area contributed by atoms with Gasteiger partial charge in [-0.15, -0.1) is 0 Å². The largest absolute Gasteiger partial charge is 0.449 e. The second-order valence-electron chi connectivity index (χ2n) is 7.20. The van der Waals surface area contributed by atoms with Gasteiger partial charge in [0.05, 0.1) is 0 Å². The van der Waals surface area contributed by atoms with Gasteiger partial charge in [0.2, 0.25) is 5.82 Å². The van der Waals surface area contributed by atoms with E-state index < -0.39 is 12.0 Å². The first-order valence-corrected chi connectivity index (χ1v) is 10.1. The van der Waals surface area contributed by atoms with E-state index in [1.807, 2.05) is 4.90 Å². The van der Waals surface area contributed by atoms with Crippen LogP contribution in [0.3, 0.4) is 0 Å². The Labute approximate surface area is 181 Å². The third-order valence-electron chi connectivity index (χ3n) is 5.13. The Morgan fingerprint density at radius 3 is 2.58 bits per heavy atom. The quantitative estimate of drug-likeness (QED) is 0.651. The number of hydrogen-bond acceptors (Lipinski definition) is 4. The van der Waals surface area contributed by atoms with Gasteiger partial charge in [-0.3, -0.25) is 4.90 Å². The minimum absolute atomic E-state index is 0.108. The molecular formula is C20H20ClF3N6O. The molecule has 1 aliphatic rings. The van der Waals surface area contributed by atoms with E-state index in [1.165, 1.54) is 12.3 Å². The van der Waals surface area contributed by atoms with Crippen molar-refractivity contribution in [2.75, 3.05) is 38.0 Å². The number of fused-ring (bicyclic) bond motifs is 1. The predicted octanol–water partition coefficient (Wildman–Crippen LogP) is 3.95. The fraction of sp³-hybridized carbons (Fsp3) is 0.350. The lowest BCUT2D eigenvalue weighted by Crippen LogP contribution is -2.50. The van der Waals surface area contributed by atoms with Crippen molar-refractivity contribution in [3.05, 3.63) is 53.4 Å². The number of carbonyl (C=O) groups excluding carboxylic acids is 1. The molecule has 0 spiro atoms. The van der Waals surface area contributed by atoms with Crippen LogP contribution in [-0.2, 0) is 12.7 Å². The van der Waals surface area contributed by atoms with Gasteiger partial charge in [0.15, 0.2) is 5.65 Å². The molecule has 0 unspecified atom stereocenters. The summed E-state index contributed by atoms with van der Waals surface area (Å²) in [4.78, 5) is 23.9. The average molecular weight is 453 g/mol. The van der Waals surface area contributed by atoms with Crippen molar-refractivity contribution >= 4 is 34.5 Å². The van der Waals surface area contributed by atoms with E-state index in [0.29, 0.717) is 43.4 Å². The summed E-state index contributed by atoms with van der Waals surface area (Å²) in [5.74, 6) is -0.944. The first kappa shape index (κ1) is 21.4. The number of benzene rings is 1. The maximum Gasteiger partial charge on any atom is 0.449 e. The van der Waals surface area contributed by atoms with Crippen molar-refractivity contribution in [1.82, 2.24) is 24.3 Å². The van der Waals surface area contributed by atoms with Crippen molar-refractivity contribution < 1.29 is 18.0 Å². The molecule has 3 aromatic rings. The summed E-state index contributed by atoms with van der Waals surface area (Å²) in [5.41, 5.74) is 1.05. The van der Waals surface area contributed by atoms with Crippen molar-refractivity contribution in [2.45, 2.75) is 12.7 Å². The fourth-order valence-corrected chi connectivity index (χ4v) is 3.76. The second kappa shape index (κ2) is 8.72. The molecule has 1 aromatic carbocycles. The summed E-state index contributed by atoms with van der Waals surface area (Å²) in [5, 5.41) is 3.33. The van der Waals surface area contributed by atoms with E-state index in [4.69, 9.17) is 11.6 Å². The number of imidazole rings is 1. The monoisotopic (exact) mass is 452 g/mol. The molecule has 0 radical (unpaired) electrons. The molecule has 4 rings (SSSR count). The Hall–Kier alpha value is -2.85. The van der Waals surface area contributed by atoms with Crippen LogP contribution in [-0.4, -0.2) is 63.1 Å². The highest BCUT2D eigenvalue weighted by Gasteiger charge is 2.38. The van der Waals surface area contributed by atoms with E-state index in [9.17, 15) is 18.0 Å². The first-order chi connectivity index (χ1) is 14.8. The predicted molar refractivity (Wildman–Crippen MR) is 111 cm³/mol. The molecule has 0 bridgehead atoms. The lowest BCUT2D eigenvalue weighted by molar-refractivity contribution is -0.147. The van der Waals surface area contributed by atoms with Crippen LogP contribution < -0.4 is 5.32 Å². The number of nitrogens with zero attached hydrogens (tertiary/aromatic N) is 5. The van der Waals surface area contributed by atoms with Gasteiger partial charge in [0.1, 0.15) is 5.52 Å². The number of rotatable bonds is 4. The zero-order valence-electron chi connectivity index (χ0n) is 16.4. The van der Waals surface area contributed by atoms with E-state index >= 15 is 0 Å². The molecule has 1 aliphatic heterocycles. The van der Waals surface area contributed by atoms with Gasteiger partial charge in [-0.2, -0.15) is 13.2 Å². The smallest absolute Gasteiger partial charge is 0.322 e. The Morgan fingerprint density at radius 1 is 1.10 bits per heavy atom. The maximum atomic E-state index is 13.4. The molecule has 0 saturated carbocycles. The zero-order valence-corrected chi connectivity index (χ0v) is 17.2. The third kappa shape index (κ3) is 4.91. The van der Waals surface area contributed by atoms with Crippen LogP contribution in [0, 0.1) is 0 Å². The molecule has 7 nitrogen and oxygen atoms in total. The van der Waals surface area contributed by atoms with E-state index in [1.54, 1.807) is 35.2 Å². The van der Waals surface area contributed by atoms with Crippen LogP contribution in [0.5, 0.6) is 0 Å². The van der Waals surface area contributed by atoms with Crippen LogP contribution in [0.2, 0.25) is 5.02 Å². The molecule has 1 N–H and O–H groups in total. The van der Waals surface area contributed by atoms with Crippen molar-refractivity contribution in [3.8, 4) is 0 Å². The van der Waals surface area contributed by atoms with Crippen LogP contribution in [0.1, 0.15) is 5.82 Å². The number of carbonyl (C=O) groups is 1. The summed E-state index contributed by atoms with van der Waals surface area (Å²) in [6.07, 6.45) is -3.10. The summed E-state index contributed by atoms with van der Waals surface area (Å²) >= 11 is 5.93. The molecule has 2 aromatic heterocycles. The van der Waals surface area contributed by atoms with Gasteiger partial charge in [0, 0.05) is 56.2 Å². The normalized spacial score (nSPS) is 15.4. The minimum atomic E-state index is -4.56. The number of nitrogens with one attached hydrogen (secondary N) is 1.